The quantitative estimate of drug-likeness (QED) is 0.287. The van der Waals surface area contributed by atoms with E-state index < -0.39 is 0 Å². The van der Waals surface area contributed by atoms with Crippen LogP contribution in [0.3, 0.4) is 0 Å². The maximum Gasteiger partial charge on any atom is 0.220 e. The van der Waals surface area contributed by atoms with Crippen molar-refractivity contribution in [2.75, 3.05) is 26.3 Å². The van der Waals surface area contributed by atoms with Crippen LogP contribution < -0.4 is 4.74 Å². The lowest BCUT2D eigenvalue weighted by atomic mass is 10.1. The van der Waals surface area contributed by atoms with Crippen molar-refractivity contribution in [2.24, 2.45) is 5.10 Å². The predicted octanol–water partition coefficient (Wildman–Crippen LogP) is 4.00. The molecule has 4 aromatic rings. The van der Waals surface area contributed by atoms with Crippen LogP contribution in [-0.2, 0) is 18.0 Å². The molecule has 0 bridgehead atoms. The van der Waals surface area contributed by atoms with E-state index in [1.54, 1.807) is 33.9 Å². The number of benzene rings is 2. The first-order chi connectivity index (χ1) is 17.6. The molecule has 0 spiro atoms. The van der Waals surface area contributed by atoms with E-state index in [-0.39, 0.29) is 12.4 Å². The van der Waals surface area contributed by atoms with E-state index in [0.717, 1.165) is 41.2 Å². The highest BCUT2D eigenvalue weighted by molar-refractivity contribution is 7.71. The maximum absolute atomic E-state index is 13.4. The van der Waals surface area contributed by atoms with Crippen molar-refractivity contribution in [1.82, 2.24) is 29.6 Å². The van der Waals surface area contributed by atoms with Gasteiger partial charge in [-0.25, -0.2) is 9.07 Å². The molecule has 0 unspecified atom stereocenters. The summed E-state index contributed by atoms with van der Waals surface area (Å²) in [6, 6.07) is 14.0. The molecule has 3 heterocycles. The lowest BCUT2D eigenvalue weighted by molar-refractivity contribution is 0.0208. The van der Waals surface area contributed by atoms with Crippen molar-refractivity contribution in [3.63, 3.8) is 0 Å². The van der Waals surface area contributed by atoms with E-state index in [9.17, 15) is 4.39 Å². The zero-order valence-electron chi connectivity index (χ0n) is 19.8. The van der Waals surface area contributed by atoms with E-state index >= 15 is 0 Å². The van der Waals surface area contributed by atoms with E-state index in [2.05, 4.69) is 20.2 Å². The minimum atomic E-state index is -0.300. The largest absolute Gasteiger partial charge is 0.486 e. The van der Waals surface area contributed by atoms with Gasteiger partial charge in [-0.2, -0.15) is 14.9 Å². The van der Waals surface area contributed by atoms with Crippen LogP contribution in [0.5, 0.6) is 5.75 Å². The standard InChI is InChI=1S/C25H26FN7O2S/c1-18-2-8-22(9-3-18)35-16-23-30-32(17-31-10-12-34-13-11-31)25(36)33(23)28-15-20-14-27-29-24(20)19-4-6-21(26)7-5-19/h2-9,14-15H,10-13,16-17H2,1H3,(H,27,29)/b28-15+. The van der Waals surface area contributed by atoms with Gasteiger partial charge in [0.15, 0.2) is 5.82 Å². The number of H-pyrrole nitrogens is 1. The first kappa shape index (κ1) is 24.0. The molecule has 36 heavy (non-hydrogen) atoms. The fourth-order valence-electron chi connectivity index (χ4n) is 3.82. The van der Waals surface area contributed by atoms with Gasteiger partial charge in [0, 0.05) is 24.2 Å². The van der Waals surface area contributed by atoms with Crippen LogP contribution in [0.1, 0.15) is 17.0 Å². The van der Waals surface area contributed by atoms with Crippen LogP contribution in [-0.4, -0.2) is 62.1 Å². The van der Waals surface area contributed by atoms with Crippen molar-refractivity contribution in [3.05, 3.63) is 82.3 Å². The molecule has 2 aromatic carbocycles. The molecule has 0 atom stereocenters. The number of rotatable bonds is 8. The van der Waals surface area contributed by atoms with Crippen LogP contribution in [0.25, 0.3) is 11.3 Å². The SMILES string of the molecule is Cc1ccc(OCc2nn(CN3CCOCC3)c(=S)n2/N=C/c2cn[nH]c2-c2ccc(F)cc2)cc1. The van der Waals surface area contributed by atoms with Gasteiger partial charge in [0.2, 0.25) is 4.77 Å². The van der Waals surface area contributed by atoms with Crippen LogP contribution in [0.2, 0.25) is 0 Å². The summed E-state index contributed by atoms with van der Waals surface area (Å²) in [6.45, 7) is 5.74. The summed E-state index contributed by atoms with van der Waals surface area (Å²) in [7, 11) is 0. The summed E-state index contributed by atoms with van der Waals surface area (Å²) in [4.78, 5) is 2.23. The molecule has 9 nitrogen and oxygen atoms in total. The molecule has 5 rings (SSSR count). The Morgan fingerprint density at radius 1 is 1.14 bits per heavy atom. The molecule has 2 aromatic heterocycles. The van der Waals surface area contributed by atoms with Gasteiger partial charge >= 0.3 is 0 Å². The van der Waals surface area contributed by atoms with E-state index in [1.807, 2.05) is 31.2 Å². The second kappa shape index (κ2) is 10.9. The van der Waals surface area contributed by atoms with Crippen molar-refractivity contribution in [1.29, 1.82) is 0 Å². The second-order valence-corrected chi connectivity index (χ2v) is 8.80. The van der Waals surface area contributed by atoms with Crippen molar-refractivity contribution in [2.45, 2.75) is 20.2 Å². The number of aryl methyl sites for hydroxylation is 1. The van der Waals surface area contributed by atoms with Gasteiger partial charge in [0.25, 0.3) is 0 Å². The van der Waals surface area contributed by atoms with Gasteiger partial charge in [-0.15, -0.1) is 5.10 Å². The van der Waals surface area contributed by atoms with E-state index in [0.29, 0.717) is 30.5 Å². The topological polar surface area (TPSA) is 85.5 Å². The Labute approximate surface area is 212 Å². The third-order valence-electron chi connectivity index (χ3n) is 5.82. The van der Waals surface area contributed by atoms with Gasteiger partial charge < -0.3 is 9.47 Å². The number of aromatic nitrogens is 5. The maximum atomic E-state index is 13.4. The summed E-state index contributed by atoms with van der Waals surface area (Å²) in [5.41, 5.74) is 3.41. The Balaban J connectivity index is 1.43. The van der Waals surface area contributed by atoms with Crippen LogP contribution in [0.15, 0.2) is 59.8 Å². The predicted molar refractivity (Wildman–Crippen MR) is 136 cm³/mol. The van der Waals surface area contributed by atoms with Crippen molar-refractivity contribution < 1.29 is 13.9 Å². The lowest BCUT2D eigenvalue weighted by Crippen LogP contribution is -2.37. The van der Waals surface area contributed by atoms with Crippen molar-refractivity contribution >= 4 is 18.4 Å². The first-order valence-electron chi connectivity index (χ1n) is 11.6. The number of morpholine rings is 1. The molecule has 1 saturated heterocycles. The summed E-state index contributed by atoms with van der Waals surface area (Å²) in [6.07, 6.45) is 3.32. The van der Waals surface area contributed by atoms with E-state index in [1.165, 1.54) is 12.1 Å². The molecule has 0 radical (unpaired) electrons. The average molecular weight is 508 g/mol. The van der Waals surface area contributed by atoms with Crippen molar-refractivity contribution in [3.8, 4) is 17.0 Å². The molecule has 0 amide bonds. The molecule has 1 aliphatic rings. The third kappa shape index (κ3) is 5.59. The van der Waals surface area contributed by atoms with Crippen LogP contribution >= 0.6 is 12.2 Å². The molecule has 186 valence electrons. The molecule has 0 saturated carbocycles. The molecular formula is C25H26FN7O2S. The zero-order chi connectivity index (χ0) is 24.9. The zero-order valence-corrected chi connectivity index (χ0v) is 20.6. The number of hydrogen-bond acceptors (Lipinski definition) is 7. The Morgan fingerprint density at radius 3 is 2.64 bits per heavy atom. The van der Waals surface area contributed by atoms with Gasteiger partial charge in [-0.3, -0.25) is 10.00 Å². The molecule has 0 aliphatic carbocycles. The Bertz CT molecular complexity index is 1390. The van der Waals surface area contributed by atoms with Gasteiger partial charge in [-0.05, 0) is 55.5 Å². The first-order valence-corrected chi connectivity index (χ1v) is 12.0. The van der Waals surface area contributed by atoms with Crippen LogP contribution in [0.4, 0.5) is 4.39 Å². The number of halogens is 1. The third-order valence-corrected chi connectivity index (χ3v) is 6.21. The van der Waals surface area contributed by atoms with Gasteiger partial charge in [-0.1, -0.05) is 17.7 Å². The lowest BCUT2D eigenvalue weighted by Gasteiger charge is -2.25. The number of nitrogens with one attached hydrogen (secondary N) is 1. The number of hydrogen-bond donors (Lipinski definition) is 1. The Morgan fingerprint density at radius 2 is 1.89 bits per heavy atom. The minimum Gasteiger partial charge on any atom is -0.486 e. The highest BCUT2D eigenvalue weighted by atomic mass is 32.1. The summed E-state index contributed by atoms with van der Waals surface area (Å²) >= 11 is 5.74. The highest BCUT2D eigenvalue weighted by Crippen LogP contribution is 2.20. The Hall–Kier alpha value is -3.67. The smallest absolute Gasteiger partial charge is 0.220 e. The normalized spacial score (nSPS) is 14.5. The average Bonchev–Trinajstić information content (AvgIpc) is 3.48. The summed E-state index contributed by atoms with van der Waals surface area (Å²) in [5.74, 6) is 1.00. The molecule has 1 aliphatic heterocycles. The number of ether oxygens (including phenoxy) is 2. The van der Waals surface area contributed by atoms with Gasteiger partial charge in [0.05, 0.1) is 38.0 Å². The fourth-order valence-corrected chi connectivity index (χ4v) is 4.07. The van der Waals surface area contributed by atoms with Gasteiger partial charge in [0.1, 0.15) is 18.2 Å². The summed E-state index contributed by atoms with van der Waals surface area (Å²) in [5, 5.41) is 16.4. The monoisotopic (exact) mass is 507 g/mol. The molecule has 1 N–H and O–H groups in total. The summed E-state index contributed by atoms with van der Waals surface area (Å²) < 4.78 is 28.6. The number of nitrogens with zero attached hydrogens (tertiary/aromatic N) is 6. The van der Waals surface area contributed by atoms with Crippen LogP contribution in [0, 0.1) is 17.5 Å². The fraction of sp³-hybridized carbons (Fsp3) is 0.280. The highest BCUT2D eigenvalue weighted by Gasteiger charge is 2.16. The molecule has 11 heteroatoms. The second-order valence-electron chi connectivity index (χ2n) is 8.44. The molecule has 1 fully saturated rings. The number of aromatic amines is 1. The minimum absolute atomic E-state index is 0.191. The Kier molecular flexibility index (Phi) is 7.31. The van der Waals surface area contributed by atoms with E-state index in [4.69, 9.17) is 26.8 Å². The molecular weight excluding hydrogens is 481 g/mol.